The fraction of sp³-hybridized carbons (Fsp3) is 0.259. The van der Waals surface area contributed by atoms with Gasteiger partial charge in [0, 0.05) is 17.2 Å². The van der Waals surface area contributed by atoms with Crippen LogP contribution in [0.5, 0.6) is 0 Å². The summed E-state index contributed by atoms with van der Waals surface area (Å²) in [5.41, 5.74) is 3.65. The molecular weight excluding hydrogens is 451 g/mol. The number of nitrogens with zero attached hydrogens (tertiary/aromatic N) is 1. The van der Waals surface area contributed by atoms with Gasteiger partial charge in [-0.05, 0) is 66.3 Å². The van der Waals surface area contributed by atoms with Crippen LogP contribution in [0.15, 0.2) is 72.8 Å². The summed E-state index contributed by atoms with van der Waals surface area (Å²) in [6.45, 7) is 0.392. The van der Waals surface area contributed by atoms with Crippen molar-refractivity contribution in [3.8, 4) is 0 Å². The molecule has 172 valence electrons. The quantitative estimate of drug-likeness (QED) is 0.578. The molecule has 2 saturated carbocycles. The maximum atomic E-state index is 13.7. The van der Waals surface area contributed by atoms with Gasteiger partial charge in [0.25, 0.3) is 5.91 Å². The van der Waals surface area contributed by atoms with E-state index in [0.717, 1.165) is 35.2 Å². The molecule has 0 bridgehead atoms. The zero-order valence-corrected chi connectivity index (χ0v) is 19.2. The lowest BCUT2D eigenvalue weighted by atomic mass is 9.92. The van der Waals surface area contributed by atoms with Crippen LogP contribution in [0.3, 0.4) is 0 Å². The number of nitrogens with one attached hydrogen (secondary N) is 1. The molecule has 3 aliphatic rings. The van der Waals surface area contributed by atoms with Crippen molar-refractivity contribution in [1.82, 2.24) is 4.72 Å². The Kier molecular flexibility index (Phi) is 4.92. The van der Waals surface area contributed by atoms with Crippen LogP contribution >= 0.6 is 0 Å². The van der Waals surface area contributed by atoms with E-state index in [1.165, 1.54) is 12.1 Å². The van der Waals surface area contributed by atoms with E-state index < -0.39 is 16.4 Å². The number of halogens is 1. The van der Waals surface area contributed by atoms with Crippen molar-refractivity contribution >= 4 is 28.5 Å². The molecule has 3 atom stereocenters. The van der Waals surface area contributed by atoms with Gasteiger partial charge in [-0.1, -0.05) is 42.5 Å². The summed E-state index contributed by atoms with van der Waals surface area (Å²) >= 11 is 0. The molecule has 2 aliphatic carbocycles. The first-order valence-corrected chi connectivity index (χ1v) is 12.7. The van der Waals surface area contributed by atoms with Crippen LogP contribution in [-0.4, -0.2) is 21.3 Å². The highest BCUT2D eigenvalue weighted by Gasteiger charge is 2.67. The SMILES string of the molecule is O=C(NS(=O)C1CC1)c1ccc(CN2C(=O)[C@]3(C[C@@H]3c3ccc(F)cc3)c3ccccc32)cc1. The molecule has 1 unspecified atom stereocenters. The number of rotatable bonds is 6. The van der Waals surface area contributed by atoms with Crippen molar-refractivity contribution in [1.29, 1.82) is 0 Å². The molecule has 1 N–H and O–H groups in total. The number of para-hydroxylation sites is 1. The monoisotopic (exact) mass is 474 g/mol. The van der Waals surface area contributed by atoms with Gasteiger partial charge in [-0.15, -0.1) is 0 Å². The zero-order valence-electron chi connectivity index (χ0n) is 18.4. The fourth-order valence-corrected chi connectivity index (χ4v) is 6.09. The maximum absolute atomic E-state index is 13.7. The number of amides is 2. The molecule has 2 fully saturated rings. The van der Waals surface area contributed by atoms with Crippen LogP contribution in [0.4, 0.5) is 10.1 Å². The van der Waals surface area contributed by atoms with Gasteiger partial charge in [-0.3, -0.25) is 14.3 Å². The number of anilines is 1. The smallest absolute Gasteiger partial charge is 0.262 e. The van der Waals surface area contributed by atoms with Crippen molar-refractivity contribution in [2.24, 2.45) is 0 Å². The van der Waals surface area contributed by atoms with Crippen LogP contribution < -0.4 is 9.62 Å². The van der Waals surface area contributed by atoms with Crippen LogP contribution in [0.2, 0.25) is 0 Å². The Morgan fingerprint density at radius 2 is 1.74 bits per heavy atom. The van der Waals surface area contributed by atoms with Gasteiger partial charge in [-0.25, -0.2) is 8.60 Å². The lowest BCUT2D eigenvalue weighted by molar-refractivity contribution is -0.120. The lowest BCUT2D eigenvalue weighted by Gasteiger charge is -2.19. The van der Waals surface area contributed by atoms with Gasteiger partial charge in [-0.2, -0.15) is 0 Å². The Hall–Kier alpha value is -3.32. The summed E-state index contributed by atoms with van der Waals surface area (Å²) in [6.07, 6.45) is 2.49. The van der Waals surface area contributed by atoms with Crippen molar-refractivity contribution in [2.45, 2.75) is 42.4 Å². The Labute approximate surface area is 199 Å². The first-order valence-electron chi connectivity index (χ1n) is 11.4. The largest absolute Gasteiger partial charge is 0.307 e. The van der Waals surface area contributed by atoms with Gasteiger partial charge in [0.1, 0.15) is 16.8 Å². The predicted molar refractivity (Wildman–Crippen MR) is 128 cm³/mol. The molecule has 6 rings (SSSR count). The number of hydrogen-bond donors (Lipinski definition) is 1. The second-order valence-electron chi connectivity index (χ2n) is 9.31. The maximum Gasteiger partial charge on any atom is 0.262 e. The number of fused-ring (bicyclic) bond motifs is 2. The minimum atomic E-state index is -1.33. The molecule has 3 aromatic carbocycles. The van der Waals surface area contributed by atoms with E-state index in [4.69, 9.17) is 0 Å². The second kappa shape index (κ2) is 7.87. The number of hydrogen-bond acceptors (Lipinski definition) is 3. The van der Waals surface area contributed by atoms with E-state index in [2.05, 4.69) is 4.72 Å². The second-order valence-corrected chi connectivity index (χ2v) is 10.8. The van der Waals surface area contributed by atoms with Gasteiger partial charge in [0.05, 0.1) is 17.2 Å². The molecule has 3 aromatic rings. The Balaban J connectivity index is 1.23. The lowest BCUT2D eigenvalue weighted by Crippen LogP contribution is -2.32. The van der Waals surface area contributed by atoms with Crippen LogP contribution in [0.25, 0.3) is 0 Å². The van der Waals surface area contributed by atoms with Crippen LogP contribution in [0, 0.1) is 5.82 Å². The molecule has 34 heavy (non-hydrogen) atoms. The topological polar surface area (TPSA) is 66.5 Å². The average Bonchev–Trinajstić information content (AvgIpc) is 3.77. The molecule has 0 aromatic heterocycles. The first kappa shape index (κ1) is 21.2. The summed E-state index contributed by atoms with van der Waals surface area (Å²) in [6, 6.07) is 21.4. The fourth-order valence-electron chi connectivity index (χ4n) is 5.06. The van der Waals surface area contributed by atoms with Gasteiger partial charge in [0.15, 0.2) is 0 Å². The standard InChI is InChI=1S/C27H23FN2O3S/c28-20-11-9-18(10-12-20)23-15-27(23)22-3-1-2-4-24(22)30(26(27)32)16-17-5-7-19(8-6-17)25(31)29-34(33)21-13-14-21/h1-12,21,23H,13-16H2,(H,29,31)/t23-,27-,34?/m1/s1. The Morgan fingerprint density at radius 3 is 2.44 bits per heavy atom. The molecule has 7 heteroatoms. The minimum Gasteiger partial charge on any atom is -0.307 e. The summed E-state index contributed by atoms with van der Waals surface area (Å²) in [7, 11) is -1.33. The third-order valence-corrected chi connectivity index (χ3v) is 8.58. The van der Waals surface area contributed by atoms with Crippen molar-refractivity contribution in [2.75, 3.05) is 4.90 Å². The van der Waals surface area contributed by atoms with Gasteiger partial charge < -0.3 is 4.90 Å². The van der Waals surface area contributed by atoms with E-state index >= 15 is 0 Å². The molecule has 0 saturated heterocycles. The highest BCUT2D eigenvalue weighted by molar-refractivity contribution is 7.84. The number of benzene rings is 3. The highest BCUT2D eigenvalue weighted by Crippen LogP contribution is 2.66. The predicted octanol–water partition coefficient (Wildman–Crippen LogP) is 4.35. The van der Waals surface area contributed by atoms with Gasteiger partial charge in [0.2, 0.25) is 5.91 Å². The minimum absolute atomic E-state index is 0.0326. The summed E-state index contributed by atoms with van der Waals surface area (Å²) in [5.74, 6) is -0.539. The van der Waals surface area contributed by atoms with E-state index in [1.807, 2.05) is 41.3 Å². The molecular formula is C27H23FN2O3S. The average molecular weight is 475 g/mol. The third kappa shape index (κ3) is 3.46. The molecule has 1 aliphatic heterocycles. The van der Waals surface area contributed by atoms with E-state index in [1.54, 1.807) is 24.3 Å². The Morgan fingerprint density at radius 1 is 1.03 bits per heavy atom. The van der Waals surface area contributed by atoms with E-state index in [0.29, 0.717) is 18.5 Å². The zero-order chi connectivity index (χ0) is 23.4. The normalized spacial score (nSPS) is 23.6. The summed E-state index contributed by atoms with van der Waals surface area (Å²) in [4.78, 5) is 27.9. The molecule has 5 nitrogen and oxygen atoms in total. The molecule has 2 amide bonds. The van der Waals surface area contributed by atoms with Crippen molar-refractivity contribution < 1.29 is 18.2 Å². The van der Waals surface area contributed by atoms with Crippen LogP contribution in [0.1, 0.15) is 52.2 Å². The molecule has 1 spiro atoms. The number of carbonyl (C=O) groups is 2. The molecule has 1 heterocycles. The Bertz CT molecular complexity index is 1320. The van der Waals surface area contributed by atoms with Crippen LogP contribution in [-0.2, 0) is 27.7 Å². The van der Waals surface area contributed by atoms with E-state index in [9.17, 15) is 18.2 Å². The third-order valence-electron chi connectivity index (χ3n) is 7.11. The first-order chi connectivity index (χ1) is 16.5. The number of carbonyl (C=O) groups excluding carboxylic acids is 2. The summed E-state index contributed by atoms with van der Waals surface area (Å²) < 4.78 is 27.9. The molecule has 0 radical (unpaired) electrons. The highest BCUT2D eigenvalue weighted by atomic mass is 32.2. The summed E-state index contributed by atoms with van der Waals surface area (Å²) in [5, 5.41) is 0.0814. The van der Waals surface area contributed by atoms with E-state index in [-0.39, 0.29) is 28.8 Å². The van der Waals surface area contributed by atoms with Gasteiger partial charge >= 0.3 is 0 Å². The van der Waals surface area contributed by atoms with Crippen molar-refractivity contribution in [3.63, 3.8) is 0 Å². The van der Waals surface area contributed by atoms with Crippen molar-refractivity contribution in [3.05, 3.63) is 101 Å².